The van der Waals surface area contributed by atoms with Gasteiger partial charge in [0.05, 0.1) is 12.0 Å². The molecule has 30 heavy (non-hydrogen) atoms. The van der Waals surface area contributed by atoms with Crippen LogP contribution in [0.1, 0.15) is 17.5 Å². The highest BCUT2D eigenvalue weighted by molar-refractivity contribution is 5.77. The average Bonchev–Trinajstić information content (AvgIpc) is 3.22. The van der Waals surface area contributed by atoms with Crippen molar-refractivity contribution >= 4 is 5.91 Å². The second kappa shape index (κ2) is 9.59. The molecule has 0 unspecified atom stereocenters. The molecule has 0 atom stereocenters. The average molecular weight is 405 g/mol. The van der Waals surface area contributed by atoms with Crippen LogP contribution in [0.15, 0.2) is 61.1 Å². The molecule has 2 heterocycles. The van der Waals surface area contributed by atoms with E-state index in [1.165, 1.54) is 11.1 Å². The van der Waals surface area contributed by atoms with Gasteiger partial charge in [-0.2, -0.15) is 0 Å². The molecular weight excluding hydrogens is 376 g/mol. The zero-order valence-corrected chi connectivity index (χ0v) is 17.4. The van der Waals surface area contributed by atoms with Crippen LogP contribution in [0.4, 0.5) is 0 Å². The second-order valence-electron chi connectivity index (χ2n) is 7.74. The smallest absolute Gasteiger partial charge is 0.257 e. The molecule has 0 bridgehead atoms. The summed E-state index contributed by atoms with van der Waals surface area (Å²) in [6.07, 6.45) is 5.75. The van der Waals surface area contributed by atoms with Crippen molar-refractivity contribution < 1.29 is 9.53 Å². The van der Waals surface area contributed by atoms with Gasteiger partial charge in [-0.15, -0.1) is 0 Å². The van der Waals surface area contributed by atoms with Crippen molar-refractivity contribution in [3.05, 3.63) is 72.2 Å². The summed E-state index contributed by atoms with van der Waals surface area (Å²) in [5.74, 6) is 0.572. The van der Waals surface area contributed by atoms with Crippen molar-refractivity contribution in [1.82, 2.24) is 19.8 Å². The van der Waals surface area contributed by atoms with E-state index in [2.05, 4.69) is 39.5 Å². The molecule has 2 aromatic carbocycles. The number of aryl methyl sites for hydroxylation is 1. The normalized spacial score (nSPS) is 13.6. The third-order valence-corrected chi connectivity index (χ3v) is 5.39. The highest BCUT2D eigenvalue weighted by Gasteiger charge is 2.15. The van der Waals surface area contributed by atoms with E-state index in [1.807, 2.05) is 42.1 Å². The van der Waals surface area contributed by atoms with Gasteiger partial charge in [-0.3, -0.25) is 9.69 Å². The van der Waals surface area contributed by atoms with Crippen LogP contribution >= 0.6 is 0 Å². The summed E-state index contributed by atoms with van der Waals surface area (Å²) >= 11 is 0. The Hall–Kier alpha value is -3.12. The molecule has 1 aromatic heterocycles. The Bertz CT molecular complexity index is 998. The van der Waals surface area contributed by atoms with E-state index < -0.39 is 0 Å². The van der Waals surface area contributed by atoms with Crippen molar-refractivity contribution in [2.75, 3.05) is 26.2 Å². The fourth-order valence-electron chi connectivity index (χ4n) is 3.78. The third kappa shape index (κ3) is 5.27. The first kappa shape index (κ1) is 20.2. The predicted molar refractivity (Wildman–Crippen MR) is 117 cm³/mol. The lowest BCUT2D eigenvalue weighted by Gasteiger charge is -2.28. The molecule has 0 aliphatic carbocycles. The molecule has 1 amide bonds. The second-order valence-corrected chi connectivity index (χ2v) is 7.74. The lowest BCUT2D eigenvalue weighted by molar-refractivity contribution is -0.123. The van der Waals surface area contributed by atoms with Gasteiger partial charge >= 0.3 is 0 Å². The number of benzene rings is 2. The third-order valence-electron chi connectivity index (χ3n) is 5.39. The molecule has 0 fully saturated rings. The van der Waals surface area contributed by atoms with Gasteiger partial charge in [-0.25, -0.2) is 4.98 Å². The summed E-state index contributed by atoms with van der Waals surface area (Å²) in [4.78, 5) is 18.9. The van der Waals surface area contributed by atoms with E-state index in [9.17, 15) is 4.79 Å². The van der Waals surface area contributed by atoms with Crippen LogP contribution in [-0.2, 0) is 24.8 Å². The Kier molecular flexibility index (Phi) is 6.44. The standard InChI is InChI=1S/C24H28N4O2/c1-27-16-23(26-18-27)20-8-4-9-22(14-20)30-17-24(29)25-11-5-12-28-13-10-19-6-2-3-7-21(19)15-28/h2-4,6-9,14,16,18H,5,10-13,15,17H2,1H3,(H,25,29). The van der Waals surface area contributed by atoms with E-state index in [1.54, 1.807) is 6.33 Å². The molecule has 6 nitrogen and oxygen atoms in total. The lowest BCUT2D eigenvalue weighted by Crippen LogP contribution is -2.34. The zero-order valence-electron chi connectivity index (χ0n) is 17.4. The maximum absolute atomic E-state index is 12.1. The van der Waals surface area contributed by atoms with Crippen molar-refractivity contribution in [2.24, 2.45) is 7.05 Å². The first-order valence-electron chi connectivity index (χ1n) is 10.4. The van der Waals surface area contributed by atoms with E-state index in [-0.39, 0.29) is 12.5 Å². The van der Waals surface area contributed by atoms with Crippen molar-refractivity contribution in [3.8, 4) is 17.0 Å². The molecule has 4 rings (SSSR count). The van der Waals surface area contributed by atoms with Gasteiger partial charge in [0.25, 0.3) is 5.91 Å². The van der Waals surface area contributed by atoms with Crippen LogP contribution in [0.2, 0.25) is 0 Å². The summed E-state index contributed by atoms with van der Waals surface area (Å²) in [6.45, 7) is 3.75. The van der Waals surface area contributed by atoms with Gasteiger partial charge < -0.3 is 14.6 Å². The van der Waals surface area contributed by atoms with Crippen LogP contribution in [0.25, 0.3) is 11.3 Å². The fourth-order valence-corrected chi connectivity index (χ4v) is 3.78. The Labute approximate surface area is 177 Å². The van der Waals surface area contributed by atoms with Crippen LogP contribution in [-0.4, -0.2) is 46.6 Å². The zero-order chi connectivity index (χ0) is 20.8. The summed E-state index contributed by atoms with van der Waals surface area (Å²) < 4.78 is 7.57. The molecule has 6 heteroatoms. The van der Waals surface area contributed by atoms with E-state index >= 15 is 0 Å². The van der Waals surface area contributed by atoms with Crippen molar-refractivity contribution in [1.29, 1.82) is 0 Å². The molecule has 0 spiro atoms. The molecular formula is C24H28N4O2. The first-order valence-corrected chi connectivity index (χ1v) is 10.4. The maximum atomic E-state index is 12.1. The first-order chi connectivity index (χ1) is 14.7. The summed E-state index contributed by atoms with van der Waals surface area (Å²) in [7, 11) is 1.94. The van der Waals surface area contributed by atoms with E-state index in [4.69, 9.17) is 4.74 Å². The number of nitrogens with one attached hydrogen (secondary N) is 1. The van der Waals surface area contributed by atoms with Gasteiger partial charge in [0.1, 0.15) is 5.75 Å². The minimum atomic E-state index is -0.0952. The highest BCUT2D eigenvalue weighted by atomic mass is 16.5. The molecule has 156 valence electrons. The number of fused-ring (bicyclic) bond motifs is 1. The van der Waals surface area contributed by atoms with Gasteiger partial charge in [-0.05, 0) is 36.1 Å². The van der Waals surface area contributed by atoms with Crippen LogP contribution in [0, 0.1) is 0 Å². The number of ether oxygens (including phenoxy) is 1. The van der Waals surface area contributed by atoms with Gasteiger partial charge in [0.15, 0.2) is 6.61 Å². The number of carbonyl (C=O) groups is 1. The number of imidazole rings is 1. The SMILES string of the molecule is Cn1cnc(-c2cccc(OCC(=O)NCCCN3CCc4ccccc4C3)c2)c1. The molecule has 0 saturated heterocycles. The number of hydrogen-bond acceptors (Lipinski definition) is 4. The predicted octanol–water partition coefficient (Wildman–Crippen LogP) is 3.03. The highest BCUT2D eigenvalue weighted by Crippen LogP contribution is 2.22. The molecule has 1 N–H and O–H groups in total. The Morgan fingerprint density at radius 2 is 2.03 bits per heavy atom. The van der Waals surface area contributed by atoms with Crippen LogP contribution in [0.3, 0.4) is 0 Å². The van der Waals surface area contributed by atoms with Gasteiger partial charge in [0, 0.05) is 45.0 Å². The van der Waals surface area contributed by atoms with Crippen molar-refractivity contribution in [2.45, 2.75) is 19.4 Å². The molecule has 1 aliphatic rings. The Balaban J connectivity index is 1.16. The monoisotopic (exact) mass is 404 g/mol. The number of hydrogen-bond donors (Lipinski definition) is 1. The summed E-state index contributed by atoms with van der Waals surface area (Å²) in [5, 5.41) is 2.95. The Morgan fingerprint density at radius 3 is 2.87 bits per heavy atom. The molecule has 0 saturated carbocycles. The fraction of sp³-hybridized carbons (Fsp3) is 0.333. The number of amides is 1. The van der Waals surface area contributed by atoms with Gasteiger partial charge in [-0.1, -0.05) is 36.4 Å². The topological polar surface area (TPSA) is 59.4 Å². The lowest BCUT2D eigenvalue weighted by atomic mass is 10.00. The number of nitrogens with zero attached hydrogens (tertiary/aromatic N) is 3. The summed E-state index contributed by atoms with van der Waals surface area (Å²) in [6, 6.07) is 16.3. The minimum absolute atomic E-state index is 0.0166. The number of carbonyl (C=O) groups excluding carboxylic acids is 1. The number of rotatable bonds is 8. The largest absolute Gasteiger partial charge is 0.484 e. The maximum Gasteiger partial charge on any atom is 0.257 e. The van der Waals surface area contributed by atoms with Crippen molar-refractivity contribution in [3.63, 3.8) is 0 Å². The molecule has 0 radical (unpaired) electrons. The number of aromatic nitrogens is 2. The van der Waals surface area contributed by atoms with Crippen LogP contribution in [0.5, 0.6) is 5.75 Å². The molecule has 1 aliphatic heterocycles. The van der Waals surface area contributed by atoms with Crippen LogP contribution < -0.4 is 10.1 Å². The summed E-state index contributed by atoms with van der Waals surface area (Å²) in [5.41, 5.74) is 4.74. The Morgan fingerprint density at radius 1 is 1.17 bits per heavy atom. The quantitative estimate of drug-likeness (QED) is 0.587. The minimum Gasteiger partial charge on any atom is -0.484 e. The molecule has 3 aromatic rings. The van der Waals surface area contributed by atoms with E-state index in [0.29, 0.717) is 12.3 Å². The van der Waals surface area contributed by atoms with Gasteiger partial charge in [0.2, 0.25) is 0 Å². The van der Waals surface area contributed by atoms with E-state index in [0.717, 1.165) is 43.7 Å².